The number of carboxylic acid groups (broad SMARTS) is 1. The molecule has 0 aromatic carbocycles. The highest BCUT2D eigenvalue weighted by molar-refractivity contribution is 5.77. The molecule has 2 heteroatoms. The Morgan fingerprint density at radius 1 is 1.42 bits per heavy atom. The third kappa shape index (κ3) is 0.644. The molecule has 68 valence electrons. The third-order valence-corrected chi connectivity index (χ3v) is 4.15. The number of carbonyl (C=O) groups is 1. The lowest BCUT2D eigenvalue weighted by molar-refractivity contribution is -0.140. The maximum Gasteiger partial charge on any atom is 0.307 e. The Morgan fingerprint density at radius 3 is 2.17 bits per heavy atom. The zero-order valence-electron chi connectivity index (χ0n) is 7.92. The van der Waals surface area contributed by atoms with Crippen LogP contribution in [0.5, 0.6) is 0 Å². The highest BCUT2D eigenvalue weighted by Crippen LogP contribution is 2.79. The van der Waals surface area contributed by atoms with Crippen LogP contribution in [-0.2, 0) is 4.79 Å². The van der Waals surface area contributed by atoms with Gasteiger partial charge in [-0.25, -0.2) is 0 Å². The van der Waals surface area contributed by atoms with E-state index in [4.69, 9.17) is 5.11 Å². The lowest BCUT2D eigenvalue weighted by Crippen LogP contribution is -2.28. The van der Waals surface area contributed by atoms with Crippen molar-refractivity contribution in [2.45, 2.75) is 33.6 Å². The largest absolute Gasteiger partial charge is 0.481 e. The summed E-state index contributed by atoms with van der Waals surface area (Å²) in [7, 11) is 0. The van der Waals surface area contributed by atoms with Gasteiger partial charge >= 0.3 is 5.97 Å². The molecular weight excluding hydrogens is 152 g/mol. The maximum absolute atomic E-state index is 10.9. The van der Waals surface area contributed by atoms with Crippen LogP contribution in [0.4, 0.5) is 0 Å². The van der Waals surface area contributed by atoms with Crippen LogP contribution in [0.25, 0.3) is 0 Å². The van der Waals surface area contributed by atoms with Crippen molar-refractivity contribution in [3.8, 4) is 0 Å². The summed E-state index contributed by atoms with van der Waals surface area (Å²) in [5.41, 5.74) is 0.240. The first-order chi connectivity index (χ1) is 5.42. The number of hydrogen-bond acceptors (Lipinski definition) is 1. The van der Waals surface area contributed by atoms with Gasteiger partial charge in [0.05, 0.1) is 5.92 Å². The molecule has 1 spiro atoms. The van der Waals surface area contributed by atoms with Crippen LogP contribution in [0.3, 0.4) is 0 Å². The molecule has 1 unspecified atom stereocenters. The molecule has 0 amide bonds. The normalized spacial score (nSPS) is 48.6. The Labute approximate surface area is 73.0 Å². The van der Waals surface area contributed by atoms with Crippen LogP contribution in [0, 0.1) is 22.7 Å². The molecule has 0 heterocycles. The van der Waals surface area contributed by atoms with Crippen LogP contribution >= 0.6 is 0 Å². The third-order valence-electron chi connectivity index (χ3n) is 4.15. The fourth-order valence-corrected chi connectivity index (χ4v) is 3.43. The van der Waals surface area contributed by atoms with Crippen LogP contribution in [0.2, 0.25) is 0 Å². The van der Waals surface area contributed by atoms with Crippen LogP contribution in [0.1, 0.15) is 33.6 Å². The van der Waals surface area contributed by atoms with Gasteiger partial charge in [0.2, 0.25) is 0 Å². The van der Waals surface area contributed by atoms with Crippen molar-refractivity contribution >= 4 is 5.97 Å². The first-order valence-corrected chi connectivity index (χ1v) is 4.64. The smallest absolute Gasteiger partial charge is 0.307 e. The summed E-state index contributed by atoms with van der Waals surface area (Å²) in [5.74, 6) is 0.0849. The van der Waals surface area contributed by atoms with E-state index in [-0.39, 0.29) is 16.7 Å². The Kier molecular flexibility index (Phi) is 1.25. The van der Waals surface area contributed by atoms with E-state index >= 15 is 0 Å². The second kappa shape index (κ2) is 1.86. The van der Waals surface area contributed by atoms with Gasteiger partial charge in [0.1, 0.15) is 0 Å². The first-order valence-electron chi connectivity index (χ1n) is 4.64. The quantitative estimate of drug-likeness (QED) is 0.651. The molecule has 0 saturated heterocycles. The molecule has 2 rings (SSSR count). The van der Waals surface area contributed by atoms with Crippen LogP contribution in [-0.4, -0.2) is 11.1 Å². The van der Waals surface area contributed by atoms with E-state index in [1.807, 2.05) is 0 Å². The summed E-state index contributed by atoms with van der Waals surface area (Å²) in [6.45, 7) is 6.40. The predicted molar refractivity (Wildman–Crippen MR) is 45.7 cm³/mol. The van der Waals surface area contributed by atoms with E-state index < -0.39 is 5.97 Å². The summed E-state index contributed by atoms with van der Waals surface area (Å²) in [5, 5.41) is 8.98. The average molecular weight is 168 g/mol. The van der Waals surface area contributed by atoms with E-state index in [2.05, 4.69) is 20.8 Å². The number of rotatable bonds is 1. The second-order valence-corrected chi connectivity index (χ2v) is 5.16. The van der Waals surface area contributed by atoms with Crippen molar-refractivity contribution in [1.82, 2.24) is 0 Å². The fraction of sp³-hybridized carbons (Fsp3) is 0.900. The van der Waals surface area contributed by atoms with Crippen molar-refractivity contribution in [2.75, 3.05) is 0 Å². The zero-order chi connectivity index (χ0) is 9.15. The molecule has 1 atom stereocenters. The van der Waals surface area contributed by atoms with E-state index in [1.54, 1.807) is 0 Å². The van der Waals surface area contributed by atoms with Crippen molar-refractivity contribution < 1.29 is 9.90 Å². The summed E-state index contributed by atoms with van der Waals surface area (Å²) < 4.78 is 0. The van der Waals surface area contributed by atoms with Crippen molar-refractivity contribution in [2.24, 2.45) is 22.7 Å². The second-order valence-electron chi connectivity index (χ2n) is 5.16. The van der Waals surface area contributed by atoms with Crippen molar-refractivity contribution in [3.05, 3.63) is 0 Å². The van der Waals surface area contributed by atoms with Crippen molar-refractivity contribution in [1.29, 1.82) is 0 Å². The molecule has 2 saturated carbocycles. The lowest BCUT2D eigenvalue weighted by Gasteiger charge is -2.36. The highest BCUT2D eigenvalue weighted by atomic mass is 16.4. The minimum Gasteiger partial charge on any atom is -0.481 e. The van der Waals surface area contributed by atoms with Gasteiger partial charge in [0.15, 0.2) is 0 Å². The average Bonchev–Trinajstić information content (AvgIpc) is 2.27. The maximum atomic E-state index is 10.9. The molecule has 0 aromatic rings. The van der Waals surface area contributed by atoms with Gasteiger partial charge in [-0.3, -0.25) is 4.79 Å². The molecule has 0 aliphatic heterocycles. The van der Waals surface area contributed by atoms with Crippen LogP contribution < -0.4 is 0 Å². The Balaban J connectivity index is 2.17. The summed E-state index contributed by atoms with van der Waals surface area (Å²) >= 11 is 0. The van der Waals surface area contributed by atoms with E-state index in [0.29, 0.717) is 0 Å². The first kappa shape index (κ1) is 8.09. The molecule has 2 nitrogen and oxygen atoms in total. The van der Waals surface area contributed by atoms with Crippen molar-refractivity contribution in [3.63, 3.8) is 0 Å². The Bertz CT molecular complexity index is 236. The van der Waals surface area contributed by atoms with E-state index in [9.17, 15) is 4.79 Å². The minimum atomic E-state index is -0.591. The molecule has 12 heavy (non-hydrogen) atoms. The molecule has 2 aliphatic carbocycles. The number of aliphatic carboxylic acids is 1. The van der Waals surface area contributed by atoms with E-state index in [1.165, 1.54) is 0 Å². The molecule has 0 radical (unpaired) electrons. The van der Waals surface area contributed by atoms with Gasteiger partial charge in [-0.2, -0.15) is 0 Å². The molecule has 0 bridgehead atoms. The number of carboxylic acids is 1. The topological polar surface area (TPSA) is 37.3 Å². The highest BCUT2D eigenvalue weighted by Gasteiger charge is 2.77. The molecular formula is C10H16O2. The summed E-state index contributed by atoms with van der Waals surface area (Å²) in [6.07, 6.45) is 2.24. The molecule has 1 N–H and O–H groups in total. The van der Waals surface area contributed by atoms with E-state index in [0.717, 1.165) is 18.8 Å². The van der Waals surface area contributed by atoms with Gasteiger partial charge in [0, 0.05) is 0 Å². The van der Waals surface area contributed by atoms with Gasteiger partial charge in [-0.15, -0.1) is 0 Å². The van der Waals surface area contributed by atoms with Gasteiger partial charge in [-0.1, -0.05) is 20.8 Å². The predicted octanol–water partition coefficient (Wildman–Crippen LogP) is 2.14. The molecule has 0 aromatic heterocycles. The zero-order valence-corrected chi connectivity index (χ0v) is 7.92. The number of hydrogen-bond donors (Lipinski definition) is 1. The standard InChI is InChI=1S/C10H16O2/c1-6-4-10(5-6)7(8(11)12)9(10,2)3/h6-7H,4-5H2,1-3H3,(H,11,12). The Hall–Kier alpha value is -0.530. The molecule has 2 aliphatic rings. The molecule has 2 fully saturated rings. The SMILES string of the molecule is CC1CC2(C1)C(C(=O)O)C2(C)C. The monoisotopic (exact) mass is 168 g/mol. The summed E-state index contributed by atoms with van der Waals surface area (Å²) in [4.78, 5) is 10.9. The van der Waals surface area contributed by atoms with Gasteiger partial charge in [0.25, 0.3) is 0 Å². The summed E-state index contributed by atoms with van der Waals surface area (Å²) in [6, 6.07) is 0. The van der Waals surface area contributed by atoms with Gasteiger partial charge < -0.3 is 5.11 Å². The Morgan fingerprint density at radius 2 is 1.92 bits per heavy atom. The fourth-order valence-electron chi connectivity index (χ4n) is 3.43. The van der Waals surface area contributed by atoms with Gasteiger partial charge in [-0.05, 0) is 29.6 Å². The van der Waals surface area contributed by atoms with Crippen LogP contribution in [0.15, 0.2) is 0 Å². The minimum absolute atomic E-state index is 0.0609. The lowest BCUT2D eigenvalue weighted by atomic mass is 9.68.